The molecule has 0 aromatic heterocycles. The highest BCUT2D eigenvalue weighted by Gasteiger charge is 2.29. The highest BCUT2D eigenvalue weighted by molar-refractivity contribution is 5.88. The van der Waals surface area contributed by atoms with E-state index in [0.717, 1.165) is 37.2 Å². The molecule has 0 spiro atoms. The molecule has 1 aromatic carbocycles. The largest absolute Gasteiger partial charge is 0.488 e. The van der Waals surface area contributed by atoms with Crippen molar-refractivity contribution in [2.45, 2.75) is 31.3 Å². The lowest BCUT2D eigenvalue weighted by molar-refractivity contribution is 0.0696. The van der Waals surface area contributed by atoms with Gasteiger partial charge in [0.15, 0.2) is 0 Å². The molecular weight excluding hydrogens is 232 g/mol. The minimum atomic E-state index is -0.882. The summed E-state index contributed by atoms with van der Waals surface area (Å²) in [6, 6.07) is 5.15. The fourth-order valence-corrected chi connectivity index (χ4v) is 2.29. The Morgan fingerprint density at radius 1 is 1.33 bits per heavy atom. The Morgan fingerprint density at radius 2 is 2.17 bits per heavy atom. The van der Waals surface area contributed by atoms with Crippen LogP contribution in [0.1, 0.15) is 41.1 Å². The molecule has 1 aromatic rings. The van der Waals surface area contributed by atoms with Crippen LogP contribution >= 0.6 is 0 Å². The van der Waals surface area contributed by atoms with Crippen LogP contribution in [0.3, 0.4) is 0 Å². The Labute approximate surface area is 106 Å². The van der Waals surface area contributed by atoms with Gasteiger partial charge in [-0.2, -0.15) is 0 Å². The Bertz CT molecular complexity index is 459. The first-order valence-electron chi connectivity index (χ1n) is 6.35. The van der Waals surface area contributed by atoms with Gasteiger partial charge < -0.3 is 14.6 Å². The third kappa shape index (κ3) is 2.34. The van der Waals surface area contributed by atoms with Gasteiger partial charge in [0, 0.05) is 6.42 Å². The Balaban J connectivity index is 1.85. The van der Waals surface area contributed by atoms with E-state index in [9.17, 15) is 4.79 Å². The van der Waals surface area contributed by atoms with Crippen molar-refractivity contribution in [3.63, 3.8) is 0 Å². The van der Waals surface area contributed by atoms with E-state index in [4.69, 9.17) is 14.6 Å². The van der Waals surface area contributed by atoms with Crippen molar-refractivity contribution < 1.29 is 19.4 Å². The molecule has 1 heterocycles. The van der Waals surface area contributed by atoms with Crippen LogP contribution in [-0.2, 0) is 4.74 Å². The van der Waals surface area contributed by atoms with Gasteiger partial charge in [0.1, 0.15) is 11.9 Å². The SMILES string of the molecule is O=C(O)c1ccc(O[C@H]2CCOC2)c(C2CC2)c1. The molecule has 2 aliphatic rings. The molecular formula is C14H16O4. The maximum absolute atomic E-state index is 11.0. The number of carboxylic acid groups (broad SMARTS) is 1. The number of carbonyl (C=O) groups is 1. The van der Waals surface area contributed by atoms with Crippen molar-refractivity contribution in [1.29, 1.82) is 0 Å². The van der Waals surface area contributed by atoms with Crippen molar-refractivity contribution in [2.24, 2.45) is 0 Å². The Morgan fingerprint density at radius 3 is 2.78 bits per heavy atom. The summed E-state index contributed by atoms with van der Waals surface area (Å²) in [4.78, 5) is 11.0. The molecule has 18 heavy (non-hydrogen) atoms. The zero-order chi connectivity index (χ0) is 12.5. The lowest BCUT2D eigenvalue weighted by Crippen LogP contribution is -2.16. The molecule has 1 saturated carbocycles. The van der Waals surface area contributed by atoms with Crippen LogP contribution in [-0.4, -0.2) is 30.4 Å². The van der Waals surface area contributed by atoms with Gasteiger partial charge in [-0.05, 0) is 42.5 Å². The molecule has 1 atom stereocenters. The second-order valence-corrected chi connectivity index (χ2v) is 4.94. The lowest BCUT2D eigenvalue weighted by atomic mass is 10.1. The molecule has 2 fully saturated rings. The van der Waals surface area contributed by atoms with Gasteiger partial charge in [-0.1, -0.05) is 0 Å². The molecule has 1 N–H and O–H groups in total. The van der Waals surface area contributed by atoms with Gasteiger partial charge in [-0.15, -0.1) is 0 Å². The maximum Gasteiger partial charge on any atom is 0.335 e. The topological polar surface area (TPSA) is 55.8 Å². The number of carboxylic acids is 1. The van der Waals surface area contributed by atoms with Crippen molar-refractivity contribution in [1.82, 2.24) is 0 Å². The zero-order valence-corrected chi connectivity index (χ0v) is 10.1. The van der Waals surface area contributed by atoms with Gasteiger partial charge in [0.2, 0.25) is 0 Å². The standard InChI is InChI=1S/C14H16O4/c15-14(16)10-3-4-13(12(7-10)9-1-2-9)18-11-5-6-17-8-11/h3-4,7,9,11H,1-2,5-6,8H2,(H,15,16)/t11-/m0/s1. The van der Waals surface area contributed by atoms with E-state index in [-0.39, 0.29) is 6.10 Å². The number of hydrogen-bond donors (Lipinski definition) is 1. The number of rotatable bonds is 4. The van der Waals surface area contributed by atoms with Crippen LogP contribution in [0.15, 0.2) is 18.2 Å². The monoisotopic (exact) mass is 248 g/mol. The number of ether oxygens (including phenoxy) is 2. The number of benzene rings is 1. The summed E-state index contributed by atoms with van der Waals surface area (Å²) in [5, 5.41) is 9.03. The van der Waals surface area contributed by atoms with Crippen LogP contribution in [0.4, 0.5) is 0 Å². The van der Waals surface area contributed by atoms with Crippen molar-refractivity contribution in [2.75, 3.05) is 13.2 Å². The summed E-state index contributed by atoms with van der Waals surface area (Å²) in [5.74, 6) is 0.423. The quantitative estimate of drug-likeness (QED) is 0.889. The number of hydrogen-bond acceptors (Lipinski definition) is 3. The van der Waals surface area contributed by atoms with Gasteiger partial charge >= 0.3 is 5.97 Å². The molecule has 3 rings (SSSR count). The fraction of sp³-hybridized carbons (Fsp3) is 0.500. The second-order valence-electron chi connectivity index (χ2n) is 4.94. The van der Waals surface area contributed by atoms with Crippen LogP contribution in [0, 0.1) is 0 Å². The van der Waals surface area contributed by atoms with Gasteiger partial charge in [0.25, 0.3) is 0 Å². The molecule has 1 aliphatic carbocycles. The first kappa shape index (κ1) is 11.5. The molecule has 0 unspecified atom stereocenters. The Hall–Kier alpha value is -1.55. The van der Waals surface area contributed by atoms with Crippen LogP contribution in [0.25, 0.3) is 0 Å². The predicted octanol–water partition coefficient (Wildman–Crippen LogP) is 2.43. The first-order chi connectivity index (χ1) is 8.74. The molecule has 0 amide bonds. The lowest BCUT2D eigenvalue weighted by Gasteiger charge is -2.16. The van der Waals surface area contributed by atoms with Crippen molar-refractivity contribution in [3.8, 4) is 5.75 Å². The summed E-state index contributed by atoms with van der Waals surface area (Å²) in [7, 11) is 0. The molecule has 0 radical (unpaired) electrons. The summed E-state index contributed by atoms with van der Waals surface area (Å²) < 4.78 is 11.2. The number of aromatic carboxylic acids is 1. The molecule has 96 valence electrons. The van der Waals surface area contributed by atoms with E-state index < -0.39 is 5.97 Å². The van der Waals surface area contributed by atoms with Crippen molar-refractivity contribution >= 4 is 5.97 Å². The van der Waals surface area contributed by atoms with E-state index in [2.05, 4.69) is 0 Å². The van der Waals surface area contributed by atoms with E-state index in [1.54, 1.807) is 18.2 Å². The van der Waals surface area contributed by atoms with Gasteiger partial charge in [-0.3, -0.25) is 0 Å². The third-order valence-corrected chi connectivity index (χ3v) is 3.46. The normalized spacial score (nSPS) is 23.0. The molecule has 1 aliphatic heterocycles. The van der Waals surface area contributed by atoms with E-state index in [0.29, 0.717) is 18.1 Å². The highest BCUT2D eigenvalue weighted by Crippen LogP contribution is 2.45. The van der Waals surface area contributed by atoms with Crippen molar-refractivity contribution in [3.05, 3.63) is 29.3 Å². The van der Waals surface area contributed by atoms with Crippen LogP contribution < -0.4 is 4.74 Å². The third-order valence-electron chi connectivity index (χ3n) is 3.46. The van der Waals surface area contributed by atoms with Gasteiger partial charge in [-0.25, -0.2) is 4.79 Å². The molecule has 4 heteroatoms. The van der Waals surface area contributed by atoms with E-state index in [1.165, 1.54) is 0 Å². The summed E-state index contributed by atoms with van der Waals surface area (Å²) >= 11 is 0. The summed E-state index contributed by atoms with van der Waals surface area (Å²) in [6.07, 6.45) is 3.27. The second kappa shape index (κ2) is 4.61. The maximum atomic E-state index is 11.0. The minimum Gasteiger partial charge on any atom is -0.488 e. The predicted molar refractivity (Wildman–Crippen MR) is 65.2 cm³/mol. The average molecular weight is 248 g/mol. The smallest absolute Gasteiger partial charge is 0.335 e. The Kier molecular flexibility index (Phi) is 2.96. The van der Waals surface area contributed by atoms with Crippen LogP contribution in [0.5, 0.6) is 5.75 Å². The molecule has 0 bridgehead atoms. The summed E-state index contributed by atoms with van der Waals surface area (Å²) in [6.45, 7) is 1.38. The zero-order valence-electron chi connectivity index (χ0n) is 10.1. The summed E-state index contributed by atoms with van der Waals surface area (Å²) in [5.41, 5.74) is 1.38. The van der Waals surface area contributed by atoms with Gasteiger partial charge in [0.05, 0.1) is 18.8 Å². The fourth-order valence-electron chi connectivity index (χ4n) is 2.29. The first-order valence-corrected chi connectivity index (χ1v) is 6.35. The highest BCUT2D eigenvalue weighted by atomic mass is 16.5. The molecule has 4 nitrogen and oxygen atoms in total. The van der Waals surface area contributed by atoms with Crippen LogP contribution in [0.2, 0.25) is 0 Å². The van der Waals surface area contributed by atoms with E-state index >= 15 is 0 Å². The van der Waals surface area contributed by atoms with E-state index in [1.807, 2.05) is 0 Å². The average Bonchev–Trinajstić information content (AvgIpc) is 3.08. The minimum absolute atomic E-state index is 0.109. The molecule has 1 saturated heterocycles.